The van der Waals surface area contributed by atoms with E-state index in [0.29, 0.717) is 18.6 Å². The van der Waals surface area contributed by atoms with Crippen LogP contribution in [0.25, 0.3) is 0 Å². The Morgan fingerprint density at radius 1 is 1.50 bits per heavy atom. The van der Waals surface area contributed by atoms with Crippen LogP contribution >= 0.6 is 0 Å². The highest BCUT2D eigenvalue weighted by Gasteiger charge is 2.33. The van der Waals surface area contributed by atoms with Gasteiger partial charge in [-0.15, -0.1) is 0 Å². The summed E-state index contributed by atoms with van der Waals surface area (Å²) in [5, 5.41) is 3.04. The van der Waals surface area contributed by atoms with Crippen molar-refractivity contribution in [2.24, 2.45) is 0 Å². The molecule has 0 spiro atoms. The number of carbonyl (C=O) groups excluding carboxylic acids is 1. The molecule has 3 atom stereocenters. The number of H-pyrrole nitrogens is 1. The Balaban J connectivity index is 1.71. The number of aromatic amines is 1. The second-order valence-corrected chi connectivity index (χ2v) is 5.83. The molecule has 0 radical (unpaired) electrons. The standard InChI is InChI=1S/C15H26N4O/c1-11-6-7-12(2)19(11)13(3)15(20)18-8-4-5-14-16-9-10-17-14/h9-13H,4-8H2,1-3H3,(H,16,17)(H,18,20). The van der Waals surface area contributed by atoms with Gasteiger partial charge in [0.25, 0.3) is 0 Å². The summed E-state index contributed by atoms with van der Waals surface area (Å²) in [5.41, 5.74) is 0. The van der Waals surface area contributed by atoms with Gasteiger partial charge in [-0.1, -0.05) is 0 Å². The molecule has 2 heterocycles. The van der Waals surface area contributed by atoms with E-state index in [4.69, 9.17) is 0 Å². The van der Waals surface area contributed by atoms with Crippen LogP contribution in [0.3, 0.4) is 0 Å². The van der Waals surface area contributed by atoms with Gasteiger partial charge in [0.2, 0.25) is 5.91 Å². The van der Waals surface area contributed by atoms with Crippen LogP contribution in [0, 0.1) is 0 Å². The highest BCUT2D eigenvalue weighted by atomic mass is 16.2. The van der Waals surface area contributed by atoms with Crippen molar-refractivity contribution in [2.75, 3.05) is 6.54 Å². The molecule has 3 unspecified atom stereocenters. The summed E-state index contributed by atoms with van der Waals surface area (Å²) in [6, 6.07) is 0.980. The molecular weight excluding hydrogens is 252 g/mol. The van der Waals surface area contributed by atoms with E-state index in [1.54, 1.807) is 6.20 Å². The summed E-state index contributed by atoms with van der Waals surface area (Å²) in [6.45, 7) is 7.15. The Kier molecular flexibility index (Phi) is 5.17. The zero-order chi connectivity index (χ0) is 14.5. The molecule has 5 nitrogen and oxygen atoms in total. The molecule has 2 rings (SSSR count). The topological polar surface area (TPSA) is 61.0 Å². The highest BCUT2D eigenvalue weighted by Crippen LogP contribution is 2.25. The molecule has 1 saturated heterocycles. The van der Waals surface area contributed by atoms with Crippen molar-refractivity contribution in [1.82, 2.24) is 20.2 Å². The number of nitrogens with one attached hydrogen (secondary N) is 2. The number of hydrogen-bond acceptors (Lipinski definition) is 3. The van der Waals surface area contributed by atoms with Crippen molar-refractivity contribution in [1.29, 1.82) is 0 Å². The fourth-order valence-corrected chi connectivity index (χ4v) is 3.16. The zero-order valence-corrected chi connectivity index (χ0v) is 12.7. The van der Waals surface area contributed by atoms with E-state index in [1.807, 2.05) is 13.1 Å². The molecule has 1 aromatic rings. The summed E-state index contributed by atoms with van der Waals surface area (Å²) in [6.07, 6.45) is 7.75. The van der Waals surface area contributed by atoms with Crippen molar-refractivity contribution in [2.45, 2.75) is 64.6 Å². The molecule has 0 bridgehead atoms. The molecule has 20 heavy (non-hydrogen) atoms. The summed E-state index contributed by atoms with van der Waals surface area (Å²) < 4.78 is 0. The molecule has 112 valence electrons. The maximum absolute atomic E-state index is 12.2. The fraction of sp³-hybridized carbons (Fsp3) is 0.733. The minimum Gasteiger partial charge on any atom is -0.355 e. The van der Waals surface area contributed by atoms with E-state index in [9.17, 15) is 4.79 Å². The molecule has 0 aliphatic carbocycles. The number of carbonyl (C=O) groups is 1. The molecule has 1 fully saturated rings. The maximum atomic E-state index is 12.2. The molecular formula is C15H26N4O. The fourth-order valence-electron chi connectivity index (χ4n) is 3.16. The van der Waals surface area contributed by atoms with Gasteiger partial charge in [0, 0.05) is 37.4 Å². The summed E-state index contributed by atoms with van der Waals surface area (Å²) in [4.78, 5) is 21.8. The van der Waals surface area contributed by atoms with E-state index in [1.165, 1.54) is 12.8 Å². The lowest BCUT2D eigenvalue weighted by atomic mass is 10.2. The molecule has 1 amide bonds. The van der Waals surface area contributed by atoms with Gasteiger partial charge >= 0.3 is 0 Å². The van der Waals surface area contributed by atoms with Crippen LogP contribution in [-0.4, -0.2) is 45.4 Å². The average molecular weight is 278 g/mol. The van der Waals surface area contributed by atoms with Gasteiger partial charge in [0.05, 0.1) is 6.04 Å². The number of aryl methyl sites for hydroxylation is 1. The van der Waals surface area contributed by atoms with E-state index < -0.39 is 0 Å². The van der Waals surface area contributed by atoms with Crippen molar-refractivity contribution >= 4 is 5.91 Å². The smallest absolute Gasteiger partial charge is 0.237 e. The van der Waals surface area contributed by atoms with Crippen LogP contribution in [0.2, 0.25) is 0 Å². The lowest BCUT2D eigenvalue weighted by Gasteiger charge is -2.31. The monoisotopic (exact) mass is 278 g/mol. The van der Waals surface area contributed by atoms with Gasteiger partial charge in [-0.3, -0.25) is 9.69 Å². The molecule has 0 saturated carbocycles. The van der Waals surface area contributed by atoms with Gasteiger partial charge in [0.15, 0.2) is 0 Å². The van der Waals surface area contributed by atoms with Gasteiger partial charge in [-0.05, 0) is 40.0 Å². The van der Waals surface area contributed by atoms with Crippen LogP contribution in [-0.2, 0) is 11.2 Å². The molecule has 0 aromatic carbocycles. The van der Waals surface area contributed by atoms with E-state index in [2.05, 4.69) is 34.0 Å². The van der Waals surface area contributed by atoms with Gasteiger partial charge in [0.1, 0.15) is 5.82 Å². The first-order valence-corrected chi connectivity index (χ1v) is 7.63. The number of nitrogens with zero attached hydrogens (tertiary/aromatic N) is 2. The molecule has 5 heteroatoms. The maximum Gasteiger partial charge on any atom is 0.237 e. The Labute approximate surface area is 121 Å². The van der Waals surface area contributed by atoms with Gasteiger partial charge in [-0.25, -0.2) is 4.98 Å². The summed E-state index contributed by atoms with van der Waals surface area (Å²) in [7, 11) is 0. The second-order valence-electron chi connectivity index (χ2n) is 5.83. The first kappa shape index (κ1) is 15.0. The lowest BCUT2D eigenvalue weighted by Crippen LogP contribution is -2.49. The highest BCUT2D eigenvalue weighted by molar-refractivity contribution is 5.81. The predicted molar refractivity (Wildman–Crippen MR) is 79.4 cm³/mol. The zero-order valence-electron chi connectivity index (χ0n) is 12.7. The Morgan fingerprint density at radius 2 is 2.20 bits per heavy atom. The number of aromatic nitrogens is 2. The average Bonchev–Trinajstić information content (AvgIpc) is 3.04. The van der Waals surface area contributed by atoms with Crippen LogP contribution in [0.15, 0.2) is 12.4 Å². The lowest BCUT2D eigenvalue weighted by molar-refractivity contribution is -0.126. The van der Waals surface area contributed by atoms with Crippen LogP contribution in [0.4, 0.5) is 0 Å². The van der Waals surface area contributed by atoms with Gasteiger partial charge in [-0.2, -0.15) is 0 Å². The molecule has 1 aromatic heterocycles. The normalized spacial score (nSPS) is 24.8. The quantitative estimate of drug-likeness (QED) is 0.779. The molecule has 2 N–H and O–H groups in total. The van der Waals surface area contributed by atoms with E-state index >= 15 is 0 Å². The number of likely N-dealkylation sites (tertiary alicyclic amines) is 1. The minimum absolute atomic E-state index is 0.0360. The second kappa shape index (κ2) is 6.88. The third kappa shape index (κ3) is 3.60. The van der Waals surface area contributed by atoms with E-state index in [-0.39, 0.29) is 11.9 Å². The Hall–Kier alpha value is -1.36. The van der Waals surface area contributed by atoms with Crippen molar-refractivity contribution in [3.05, 3.63) is 18.2 Å². The predicted octanol–water partition coefficient (Wildman–Crippen LogP) is 1.72. The van der Waals surface area contributed by atoms with Crippen LogP contribution in [0.1, 0.15) is 45.9 Å². The summed E-state index contributed by atoms with van der Waals surface area (Å²) >= 11 is 0. The number of rotatable bonds is 6. The molecule has 1 aliphatic heterocycles. The third-order valence-electron chi connectivity index (χ3n) is 4.29. The van der Waals surface area contributed by atoms with Crippen molar-refractivity contribution in [3.63, 3.8) is 0 Å². The van der Waals surface area contributed by atoms with Crippen LogP contribution < -0.4 is 5.32 Å². The third-order valence-corrected chi connectivity index (χ3v) is 4.29. The Bertz CT molecular complexity index is 408. The largest absolute Gasteiger partial charge is 0.355 e. The SMILES string of the molecule is CC1CCC(C)N1C(C)C(=O)NCCCc1ncc[nH]1. The molecule has 1 aliphatic rings. The first-order valence-electron chi connectivity index (χ1n) is 7.63. The van der Waals surface area contributed by atoms with Crippen LogP contribution in [0.5, 0.6) is 0 Å². The Morgan fingerprint density at radius 3 is 2.80 bits per heavy atom. The van der Waals surface area contributed by atoms with Gasteiger partial charge < -0.3 is 10.3 Å². The van der Waals surface area contributed by atoms with Crippen molar-refractivity contribution < 1.29 is 4.79 Å². The summed E-state index contributed by atoms with van der Waals surface area (Å²) in [5.74, 6) is 1.12. The van der Waals surface area contributed by atoms with Crippen molar-refractivity contribution in [3.8, 4) is 0 Å². The first-order chi connectivity index (χ1) is 9.59. The number of hydrogen-bond donors (Lipinski definition) is 2. The van der Waals surface area contributed by atoms with E-state index in [0.717, 1.165) is 18.7 Å². The minimum atomic E-state index is -0.0360. The number of imidazole rings is 1. The number of amides is 1.